The molecule has 0 bridgehead atoms. The molecule has 1 aromatic carbocycles. The molecule has 0 saturated heterocycles. The number of benzene rings is 1. The second-order valence-corrected chi connectivity index (χ2v) is 5.04. The van der Waals surface area contributed by atoms with E-state index in [2.05, 4.69) is 0 Å². The second kappa shape index (κ2) is 4.02. The van der Waals surface area contributed by atoms with Gasteiger partial charge in [0.25, 0.3) is 0 Å². The Bertz CT molecular complexity index is 405. The monoisotopic (exact) mass is 243 g/mol. The van der Waals surface area contributed by atoms with Crippen LogP contribution in [0.1, 0.15) is 30.9 Å². The molecule has 94 valence electrons. The minimum Gasteiger partial charge on any atom is -0.330 e. The van der Waals surface area contributed by atoms with Crippen LogP contribution in [0, 0.1) is 5.92 Å². The Labute approximate surface area is 98.8 Å². The Morgan fingerprint density at radius 2 is 1.88 bits per heavy atom. The third-order valence-corrected chi connectivity index (χ3v) is 3.67. The van der Waals surface area contributed by atoms with Crippen LogP contribution in [0.25, 0.3) is 0 Å². The van der Waals surface area contributed by atoms with Gasteiger partial charge >= 0.3 is 6.18 Å². The zero-order chi connectivity index (χ0) is 12.7. The Morgan fingerprint density at radius 1 is 1.29 bits per heavy atom. The summed E-state index contributed by atoms with van der Waals surface area (Å²) in [4.78, 5) is 0. The van der Waals surface area contributed by atoms with Gasteiger partial charge in [-0.2, -0.15) is 13.2 Å². The summed E-state index contributed by atoms with van der Waals surface area (Å²) in [6, 6.07) is 5.81. The van der Waals surface area contributed by atoms with Gasteiger partial charge in [0.2, 0.25) is 0 Å². The van der Waals surface area contributed by atoms with E-state index in [9.17, 15) is 13.2 Å². The smallest absolute Gasteiger partial charge is 0.330 e. The fraction of sp³-hybridized carbons (Fsp3) is 0.538. The predicted octanol–water partition coefficient (Wildman–Crippen LogP) is 3.33. The Hall–Kier alpha value is -1.03. The van der Waals surface area contributed by atoms with Gasteiger partial charge in [-0.3, -0.25) is 0 Å². The summed E-state index contributed by atoms with van der Waals surface area (Å²) >= 11 is 0. The first kappa shape index (κ1) is 12.4. The van der Waals surface area contributed by atoms with Gasteiger partial charge in [-0.05, 0) is 30.4 Å². The Balaban J connectivity index is 2.45. The Kier molecular flexibility index (Phi) is 2.94. The Morgan fingerprint density at radius 3 is 2.35 bits per heavy atom. The maximum absolute atomic E-state index is 12.9. The summed E-state index contributed by atoms with van der Waals surface area (Å²) in [5.74, 6) is 0.458. The van der Waals surface area contributed by atoms with Crippen LogP contribution in [-0.2, 0) is 11.6 Å². The van der Waals surface area contributed by atoms with Crippen molar-refractivity contribution in [3.05, 3.63) is 35.4 Å². The van der Waals surface area contributed by atoms with Gasteiger partial charge in [0.05, 0.1) is 5.56 Å². The molecule has 2 rings (SSSR count). The topological polar surface area (TPSA) is 26.0 Å². The van der Waals surface area contributed by atoms with Crippen LogP contribution < -0.4 is 5.73 Å². The lowest BCUT2D eigenvalue weighted by atomic mass is 9.58. The molecular weight excluding hydrogens is 227 g/mol. The van der Waals surface area contributed by atoms with Crippen molar-refractivity contribution in [3.63, 3.8) is 0 Å². The summed E-state index contributed by atoms with van der Waals surface area (Å²) in [7, 11) is 0. The maximum atomic E-state index is 12.9. The second-order valence-electron chi connectivity index (χ2n) is 5.04. The van der Waals surface area contributed by atoms with E-state index in [1.165, 1.54) is 6.07 Å². The van der Waals surface area contributed by atoms with Crippen molar-refractivity contribution in [3.8, 4) is 0 Å². The molecule has 0 atom stereocenters. The van der Waals surface area contributed by atoms with Crippen molar-refractivity contribution in [2.45, 2.75) is 31.4 Å². The molecule has 1 fully saturated rings. The van der Waals surface area contributed by atoms with Gasteiger partial charge in [-0.15, -0.1) is 0 Å². The highest BCUT2D eigenvalue weighted by molar-refractivity contribution is 5.38. The lowest BCUT2D eigenvalue weighted by molar-refractivity contribution is -0.139. The fourth-order valence-corrected chi connectivity index (χ4v) is 2.96. The molecule has 0 heterocycles. The first-order valence-electron chi connectivity index (χ1n) is 5.76. The van der Waals surface area contributed by atoms with E-state index in [4.69, 9.17) is 5.73 Å². The lowest BCUT2D eigenvalue weighted by Crippen LogP contribution is -2.47. The van der Waals surface area contributed by atoms with E-state index in [1.807, 2.05) is 6.92 Å². The van der Waals surface area contributed by atoms with Crippen molar-refractivity contribution >= 4 is 0 Å². The molecule has 0 aliphatic heterocycles. The van der Waals surface area contributed by atoms with E-state index in [1.54, 1.807) is 12.1 Å². The molecule has 4 heteroatoms. The fourth-order valence-electron chi connectivity index (χ4n) is 2.96. The van der Waals surface area contributed by atoms with E-state index >= 15 is 0 Å². The molecular formula is C13H16F3N. The van der Waals surface area contributed by atoms with E-state index in [-0.39, 0.29) is 6.54 Å². The molecule has 1 aliphatic rings. The summed E-state index contributed by atoms with van der Waals surface area (Å²) in [5.41, 5.74) is 5.08. The molecule has 0 radical (unpaired) electrons. The summed E-state index contributed by atoms with van der Waals surface area (Å²) in [6.45, 7) is 2.33. The highest BCUT2D eigenvalue weighted by Gasteiger charge is 2.47. The molecule has 1 aromatic rings. The normalized spacial score (nSPS) is 28.9. The van der Waals surface area contributed by atoms with E-state index in [0.717, 1.165) is 18.9 Å². The van der Waals surface area contributed by atoms with Crippen LogP contribution in [-0.4, -0.2) is 6.54 Å². The highest BCUT2D eigenvalue weighted by atomic mass is 19.4. The number of hydrogen-bond acceptors (Lipinski definition) is 1. The zero-order valence-corrected chi connectivity index (χ0v) is 9.72. The molecule has 1 saturated carbocycles. The minimum atomic E-state index is -4.29. The number of nitrogens with two attached hydrogens (primary N) is 1. The molecule has 17 heavy (non-hydrogen) atoms. The van der Waals surface area contributed by atoms with Crippen molar-refractivity contribution in [2.75, 3.05) is 6.54 Å². The molecule has 0 aromatic heterocycles. The predicted molar refractivity (Wildman–Crippen MR) is 60.6 cm³/mol. The number of halogens is 3. The van der Waals surface area contributed by atoms with Crippen LogP contribution in [0.4, 0.5) is 13.2 Å². The molecule has 1 aliphatic carbocycles. The summed E-state index contributed by atoms with van der Waals surface area (Å²) in [6.07, 6.45) is -2.80. The van der Waals surface area contributed by atoms with Gasteiger partial charge in [-0.1, -0.05) is 25.1 Å². The first-order valence-corrected chi connectivity index (χ1v) is 5.76. The summed E-state index contributed by atoms with van der Waals surface area (Å²) in [5, 5.41) is 0. The summed E-state index contributed by atoms with van der Waals surface area (Å²) < 4.78 is 38.8. The van der Waals surface area contributed by atoms with Gasteiger partial charge in [-0.25, -0.2) is 0 Å². The first-order chi connectivity index (χ1) is 7.89. The van der Waals surface area contributed by atoms with E-state index < -0.39 is 17.2 Å². The zero-order valence-electron chi connectivity index (χ0n) is 9.72. The average Bonchev–Trinajstić information content (AvgIpc) is 2.23. The average molecular weight is 243 g/mol. The van der Waals surface area contributed by atoms with Crippen molar-refractivity contribution < 1.29 is 13.2 Å². The van der Waals surface area contributed by atoms with Crippen molar-refractivity contribution in [1.82, 2.24) is 0 Å². The van der Waals surface area contributed by atoms with Crippen LogP contribution in [0.15, 0.2) is 24.3 Å². The third-order valence-electron chi connectivity index (χ3n) is 3.67. The van der Waals surface area contributed by atoms with Gasteiger partial charge in [0, 0.05) is 12.0 Å². The van der Waals surface area contributed by atoms with Crippen molar-refractivity contribution in [1.29, 1.82) is 0 Å². The number of alkyl halides is 3. The highest BCUT2D eigenvalue weighted by Crippen LogP contribution is 2.50. The van der Waals surface area contributed by atoms with Gasteiger partial charge in [0.1, 0.15) is 0 Å². The van der Waals surface area contributed by atoms with E-state index in [0.29, 0.717) is 11.5 Å². The molecule has 2 N–H and O–H groups in total. The van der Waals surface area contributed by atoms with Crippen LogP contribution >= 0.6 is 0 Å². The third kappa shape index (κ3) is 2.06. The molecule has 0 amide bonds. The quantitative estimate of drug-likeness (QED) is 0.847. The number of hydrogen-bond donors (Lipinski definition) is 1. The SMILES string of the molecule is CC1CC(CN)(c2ccccc2C(F)(F)F)C1. The molecule has 0 unspecified atom stereocenters. The maximum Gasteiger partial charge on any atom is 0.416 e. The molecule has 0 spiro atoms. The van der Waals surface area contributed by atoms with Gasteiger partial charge in [0.15, 0.2) is 0 Å². The lowest BCUT2D eigenvalue weighted by Gasteiger charge is -2.47. The van der Waals surface area contributed by atoms with Gasteiger partial charge < -0.3 is 5.73 Å². The number of rotatable bonds is 2. The standard InChI is InChI=1S/C13H16F3N/c1-9-6-12(7-9,8-17)10-4-2-3-5-11(10)13(14,15)16/h2-5,9H,6-8,17H2,1H3. The minimum absolute atomic E-state index is 0.282. The largest absolute Gasteiger partial charge is 0.416 e. The van der Waals surface area contributed by atoms with Crippen LogP contribution in [0.2, 0.25) is 0 Å². The van der Waals surface area contributed by atoms with Crippen LogP contribution in [0.5, 0.6) is 0 Å². The van der Waals surface area contributed by atoms with Crippen molar-refractivity contribution in [2.24, 2.45) is 11.7 Å². The molecule has 1 nitrogen and oxygen atoms in total. The van der Waals surface area contributed by atoms with Crippen LogP contribution in [0.3, 0.4) is 0 Å².